The van der Waals surface area contributed by atoms with Crippen LogP contribution in [0.25, 0.3) is 0 Å². The molecule has 0 atom stereocenters. The van der Waals surface area contributed by atoms with Gasteiger partial charge in [-0.1, -0.05) is 13.3 Å². The van der Waals surface area contributed by atoms with Crippen molar-refractivity contribution in [1.82, 2.24) is 10.2 Å². The maximum Gasteiger partial charge on any atom is 0.223 e. The first-order chi connectivity index (χ1) is 6.84. The molecule has 1 N–H and O–H groups in total. The number of hydrogen-bond acceptors (Lipinski definition) is 2. The monoisotopic (exact) mass is 198 g/mol. The van der Waals surface area contributed by atoms with Gasteiger partial charge in [0.2, 0.25) is 5.91 Å². The number of carbonyl (C=O) groups is 1. The van der Waals surface area contributed by atoms with Crippen molar-refractivity contribution in [2.24, 2.45) is 0 Å². The molecule has 0 unspecified atom stereocenters. The zero-order valence-electron chi connectivity index (χ0n) is 9.22. The molecule has 1 aliphatic heterocycles. The second kappa shape index (κ2) is 6.82. The van der Waals surface area contributed by atoms with Crippen LogP contribution in [0.3, 0.4) is 0 Å². The van der Waals surface area contributed by atoms with Gasteiger partial charge in [-0.2, -0.15) is 0 Å². The molecule has 1 amide bonds. The highest BCUT2D eigenvalue weighted by Crippen LogP contribution is 2.08. The van der Waals surface area contributed by atoms with Crippen molar-refractivity contribution < 1.29 is 4.79 Å². The van der Waals surface area contributed by atoms with Crippen LogP contribution in [-0.2, 0) is 4.79 Å². The lowest BCUT2D eigenvalue weighted by Gasteiger charge is -2.14. The molecule has 0 aromatic heterocycles. The van der Waals surface area contributed by atoms with Gasteiger partial charge in [0.15, 0.2) is 0 Å². The number of amides is 1. The van der Waals surface area contributed by atoms with E-state index in [4.69, 9.17) is 0 Å². The zero-order chi connectivity index (χ0) is 10.2. The molecule has 0 aliphatic carbocycles. The third kappa shape index (κ3) is 4.09. The van der Waals surface area contributed by atoms with Gasteiger partial charge < -0.3 is 10.2 Å². The Balaban J connectivity index is 1.97. The van der Waals surface area contributed by atoms with Crippen LogP contribution in [0.2, 0.25) is 0 Å². The summed E-state index contributed by atoms with van der Waals surface area (Å²) < 4.78 is 0. The fourth-order valence-electron chi connectivity index (χ4n) is 1.75. The fraction of sp³-hybridized carbons (Fsp3) is 0.909. The van der Waals surface area contributed by atoms with Crippen molar-refractivity contribution >= 4 is 5.91 Å². The van der Waals surface area contributed by atoms with Crippen LogP contribution in [0.5, 0.6) is 0 Å². The van der Waals surface area contributed by atoms with Gasteiger partial charge in [0.05, 0.1) is 0 Å². The molecular weight excluding hydrogens is 176 g/mol. The van der Waals surface area contributed by atoms with Crippen LogP contribution < -0.4 is 5.32 Å². The molecule has 0 spiro atoms. The first-order valence-corrected chi connectivity index (χ1v) is 5.83. The SMILES string of the molecule is CCCCNCCC(=O)N1CCCC1. The number of unbranched alkanes of at least 4 members (excludes halogenated alkanes) is 1. The van der Waals surface area contributed by atoms with E-state index in [-0.39, 0.29) is 0 Å². The molecule has 3 heteroatoms. The Bertz CT molecular complexity index is 165. The number of likely N-dealkylation sites (tertiary alicyclic amines) is 1. The van der Waals surface area contributed by atoms with E-state index in [0.717, 1.165) is 26.2 Å². The summed E-state index contributed by atoms with van der Waals surface area (Å²) >= 11 is 0. The van der Waals surface area contributed by atoms with E-state index < -0.39 is 0 Å². The molecule has 0 radical (unpaired) electrons. The lowest BCUT2D eigenvalue weighted by atomic mass is 10.3. The minimum Gasteiger partial charge on any atom is -0.343 e. The summed E-state index contributed by atoms with van der Waals surface area (Å²) in [6.07, 6.45) is 5.47. The van der Waals surface area contributed by atoms with Gasteiger partial charge in [-0.05, 0) is 25.8 Å². The Morgan fingerprint density at radius 1 is 1.29 bits per heavy atom. The van der Waals surface area contributed by atoms with Crippen LogP contribution in [-0.4, -0.2) is 37.0 Å². The van der Waals surface area contributed by atoms with Gasteiger partial charge in [-0.15, -0.1) is 0 Å². The molecule has 0 bridgehead atoms. The number of hydrogen-bond donors (Lipinski definition) is 1. The normalized spacial score (nSPS) is 16.2. The largest absolute Gasteiger partial charge is 0.343 e. The zero-order valence-corrected chi connectivity index (χ0v) is 9.22. The molecule has 14 heavy (non-hydrogen) atoms. The number of carbonyl (C=O) groups excluding carboxylic acids is 1. The lowest BCUT2D eigenvalue weighted by Crippen LogP contribution is -2.30. The summed E-state index contributed by atoms with van der Waals surface area (Å²) in [5, 5.41) is 3.29. The van der Waals surface area contributed by atoms with Gasteiger partial charge in [0, 0.05) is 26.1 Å². The maximum absolute atomic E-state index is 11.6. The van der Waals surface area contributed by atoms with Crippen LogP contribution in [0.4, 0.5) is 0 Å². The van der Waals surface area contributed by atoms with Crippen molar-refractivity contribution in [3.05, 3.63) is 0 Å². The second-order valence-electron chi connectivity index (χ2n) is 3.94. The van der Waals surface area contributed by atoms with E-state index in [1.54, 1.807) is 0 Å². The van der Waals surface area contributed by atoms with Gasteiger partial charge >= 0.3 is 0 Å². The molecule has 82 valence electrons. The second-order valence-corrected chi connectivity index (χ2v) is 3.94. The first kappa shape index (κ1) is 11.5. The highest BCUT2D eigenvalue weighted by Gasteiger charge is 2.16. The van der Waals surface area contributed by atoms with Crippen molar-refractivity contribution in [3.8, 4) is 0 Å². The van der Waals surface area contributed by atoms with Gasteiger partial charge in [-0.25, -0.2) is 0 Å². The van der Waals surface area contributed by atoms with Crippen LogP contribution >= 0.6 is 0 Å². The van der Waals surface area contributed by atoms with Crippen molar-refractivity contribution in [3.63, 3.8) is 0 Å². The standard InChI is InChI=1S/C11H22N2O/c1-2-3-7-12-8-6-11(14)13-9-4-5-10-13/h12H,2-10H2,1H3. The maximum atomic E-state index is 11.6. The Labute approximate surface area is 86.9 Å². The van der Waals surface area contributed by atoms with E-state index in [0.29, 0.717) is 12.3 Å². The van der Waals surface area contributed by atoms with Crippen molar-refractivity contribution in [1.29, 1.82) is 0 Å². The van der Waals surface area contributed by atoms with Crippen molar-refractivity contribution in [2.45, 2.75) is 39.0 Å². The molecule has 3 nitrogen and oxygen atoms in total. The van der Waals surface area contributed by atoms with Crippen LogP contribution in [0, 0.1) is 0 Å². The molecule has 0 aromatic carbocycles. The average molecular weight is 198 g/mol. The molecule has 1 fully saturated rings. The van der Waals surface area contributed by atoms with Crippen LogP contribution in [0.1, 0.15) is 39.0 Å². The molecule has 0 saturated carbocycles. The molecule has 1 aliphatic rings. The highest BCUT2D eigenvalue weighted by molar-refractivity contribution is 5.76. The molecular formula is C11H22N2O. The summed E-state index contributed by atoms with van der Waals surface area (Å²) in [5.41, 5.74) is 0. The third-order valence-corrected chi connectivity index (χ3v) is 2.68. The fourth-order valence-corrected chi connectivity index (χ4v) is 1.75. The Morgan fingerprint density at radius 2 is 2.00 bits per heavy atom. The van der Waals surface area contributed by atoms with Crippen molar-refractivity contribution in [2.75, 3.05) is 26.2 Å². The third-order valence-electron chi connectivity index (χ3n) is 2.68. The van der Waals surface area contributed by atoms with E-state index in [1.165, 1.54) is 25.7 Å². The summed E-state index contributed by atoms with van der Waals surface area (Å²) in [6, 6.07) is 0. The van der Waals surface area contributed by atoms with Gasteiger partial charge in [0.1, 0.15) is 0 Å². The van der Waals surface area contributed by atoms with Gasteiger partial charge in [0.25, 0.3) is 0 Å². The lowest BCUT2D eigenvalue weighted by molar-refractivity contribution is -0.130. The predicted octanol–water partition coefficient (Wildman–Crippen LogP) is 1.39. The Hall–Kier alpha value is -0.570. The number of nitrogens with one attached hydrogen (secondary N) is 1. The van der Waals surface area contributed by atoms with E-state index in [1.807, 2.05) is 4.90 Å². The highest BCUT2D eigenvalue weighted by atomic mass is 16.2. The number of nitrogens with zero attached hydrogens (tertiary/aromatic N) is 1. The van der Waals surface area contributed by atoms with E-state index in [2.05, 4.69) is 12.2 Å². The minimum atomic E-state index is 0.325. The summed E-state index contributed by atoms with van der Waals surface area (Å²) in [4.78, 5) is 13.6. The minimum absolute atomic E-state index is 0.325. The van der Waals surface area contributed by atoms with Crippen LogP contribution in [0.15, 0.2) is 0 Å². The van der Waals surface area contributed by atoms with Gasteiger partial charge in [-0.3, -0.25) is 4.79 Å². The Morgan fingerprint density at radius 3 is 2.64 bits per heavy atom. The molecule has 0 aromatic rings. The summed E-state index contributed by atoms with van der Waals surface area (Å²) in [6.45, 7) is 6.03. The molecule has 1 saturated heterocycles. The topological polar surface area (TPSA) is 32.3 Å². The number of rotatable bonds is 6. The predicted molar refractivity (Wildman–Crippen MR) is 58.2 cm³/mol. The average Bonchev–Trinajstić information content (AvgIpc) is 2.70. The Kier molecular flexibility index (Phi) is 5.60. The summed E-state index contributed by atoms with van der Waals surface area (Å²) in [7, 11) is 0. The van der Waals surface area contributed by atoms with E-state index in [9.17, 15) is 4.79 Å². The first-order valence-electron chi connectivity index (χ1n) is 5.83. The smallest absolute Gasteiger partial charge is 0.223 e. The molecule has 1 rings (SSSR count). The van der Waals surface area contributed by atoms with E-state index >= 15 is 0 Å². The molecule has 1 heterocycles. The quantitative estimate of drug-likeness (QED) is 0.654. The summed E-state index contributed by atoms with van der Waals surface area (Å²) in [5.74, 6) is 0.325.